The van der Waals surface area contributed by atoms with E-state index in [4.69, 9.17) is 5.11 Å². The Morgan fingerprint density at radius 3 is 2.65 bits per heavy atom. The lowest BCUT2D eigenvalue weighted by atomic mass is 10.1. The van der Waals surface area contributed by atoms with Gasteiger partial charge in [-0.3, -0.25) is 14.5 Å². The van der Waals surface area contributed by atoms with Crippen molar-refractivity contribution in [3.63, 3.8) is 0 Å². The second-order valence-corrected chi connectivity index (χ2v) is 5.45. The molecule has 1 aromatic heterocycles. The van der Waals surface area contributed by atoms with Gasteiger partial charge in [0.05, 0.1) is 12.2 Å². The SMILES string of the molecule is CN(CC(=O)O)Cc1sc(=O)[nH]c1-c1ccc(F)cc1. The summed E-state index contributed by atoms with van der Waals surface area (Å²) in [6.07, 6.45) is 0. The minimum atomic E-state index is -0.932. The Morgan fingerprint density at radius 1 is 1.40 bits per heavy atom. The summed E-state index contributed by atoms with van der Waals surface area (Å²) in [7, 11) is 1.66. The van der Waals surface area contributed by atoms with Gasteiger partial charge in [-0.05, 0) is 36.9 Å². The molecule has 5 nitrogen and oxygen atoms in total. The van der Waals surface area contributed by atoms with Crippen LogP contribution in [0.5, 0.6) is 0 Å². The van der Waals surface area contributed by atoms with Gasteiger partial charge in [0, 0.05) is 11.4 Å². The van der Waals surface area contributed by atoms with Crippen LogP contribution in [0.2, 0.25) is 0 Å². The molecule has 0 spiro atoms. The van der Waals surface area contributed by atoms with Crippen molar-refractivity contribution in [1.29, 1.82) is 0 Å². The van der Waals surface area contributed by atoms with Crippen LogP contribution in [0.3, 0.4) is 0 Å². The van der Waals surface area contributed by atoms with Gasteiger partial charge in [0.15, 0.2) is 0 Å². The highest BCUT2D eigenvalue weighted by Gasteiger charge is 2.13. The van der Waals surface area contributed by atoms with Crippen molar-refractivity contribution in [2.45, 2.75) is 6.54 Å². The first-order chi connectivity index (χ1) is 9.45. The molecule has 0 fully saturated rings. The van der Waals surface area contributed by atoms with Crippen LogP contribution in [0.25, 0.3) is 11.3 Å². The molecule has 7 heteroatoms. The Labute approximate surface area is 118 Å². The molecule has 106 valence electrons. The maximum atomic E-state index is 12.9. The summed E-state index contributed by atoms with van der Waals surface area (Å²) in [6, 6.07) is 5.79. The standard InChI is InChI=1S/C13H13FN2O3S/c1-16(7-11(17)18)6-10-12(15-13(19)20-10)8-2-4-9(14)5-3-8/h2-5H,6-7H2,1H3,(H,15,19)(H,17,18). The summed E-state index contributed by atoms with van der Waals surface area (Å²) >= 11 is 1.03. The topological polar surface area (TPSA) is 73.4 Å². The molecule has 2 N–H and O–H groups in total. The van der Waals surface area contributed by atoms with Gasteiger partial charge in [-0.25, -0.2) is 4.39 Å². The lowest BCUT2D eigenvalue weighted by molar-refractivity contribution is -0.138. The largest absolute Gasteiger partial charge is 0.480 e. The number of carbonyl (C=O) groups is 1. The summed E-state index contributed by atoms with van der Waals surface area (Å²) in [5.74, 6) is -1.28. The van der Waals surface area contributed by atoms with E-state index in [-0.39, 0.29) is 17.2 Å². The second-order valence-electron chi connectivity index (χ2n) is 4.39. The molecule has 2 aromatic rings. The van der Waals surface area contributed by atoms with E-state index in [2.05, 4.69) is 4.98 Å². The number of likely N-dealkylation sites (N-methyl/N-ethyl adjacent to an activating group) is 1. The maximum Gasteiger partial charge on any atom is 0.317 e. The number of hydrogen-bond acceptors (Lipinski definition) is 4. The number of aromatic nitrogens is 1. The number of nitrogens with zero attached hydrogens (tertiary/aromatic N) is 1. The molecule has 0 unspecified atom stereocenters. The second kappa shape index (κ2) is 5.98. The molecule has 0 aliphatic heterocycles. The fourth-order valence-electron chi connectivity index (χ4n) is 1.85. The summed E-state index contributed by atoms with van der Waals surface area (Å²) in [4.78, 5) is 27.0. The molecule has 0 aliphatic carbocycles. The first kappa shape index (κ1) is 14.4. The number of benzene rings is 1. The van der Waals surface area contributed by atoms with Crippen molar-refractivity contribution in [1.82, 2.24) is 9.88 Å². The van der Waals surface area contributed by atoms with Gasteiger partial charge in [0.25, 0.3) is 0 Å². The third-order valence-corrected chi connectivity index (χ3v) is 3.54. The zero-order chi connectivity index (χ0) is 14.7. The van der Waals surface area contributed by atoms with Crippen LogP contribution >= 0.6 is 11.3 Å². The number of carboxylic acid groups (broad SMARTS) is 1. The van der Waals surface area contributed by atoms with E-state index in [0.29, 0.717) is 17.8 Å². The molecule has 20 heavy (non-hydrogen) atoms. The number of halogens is 1. The highest BCUT2D eigenvalue weighted by atomic mass is 32.1. The van der Waals surface area contributed by atoms with E-state index in [1.54, 1.807) is 24.1 Å². The van der Waals surface area contributed by atoms with Crippen LogP contribution < -0.4 is 4.87 Å². The number of nitrogens with one attached hydrogen (secondary N) is 1. The fraction of sp³-hybridized carbons (Fsp3) is 0.231. The molecule has 0 aliphatic rings. The van der Waals surface area contributed by atoms with Crippen molar-refractivity contribution in [2.75, 3.05) is 13.6 Å². The number of H-pyrrole nitrogens is 1. The molecule has 0 saturated heterocycles. The molecule has 1 aromatic carbocycles. The predicted octanol–water partition coefficient (Wildman–Crippen LogP) is 1.76. The van der Waals surface area contributed by atoms with E-state index in [0.717, 1.165) is 16.2 Å². The van der Waals surface area contributed by atoms with E-state index in [9.17, 15) is 14.0 Å². The summed E-state index contributed by atoms with van der Waals surface area (Å²) < 4.78 is 12.9. The van der Waals surface area contributed by atoms with Gasteiger partial charge in [0.2, 0.25) is 0 Å². The van der Waals surface area contributed by atoms with Crippen LogP contribution in [0.15, 0.2) is 29.1 Å². The maximum absolute atomic E-state index is 12.9. The number of thiazole rings is 1. The predicted molar refractivity (Wildman–Crippen MR) is 74.3 cm³/mol. The lowest BCUT2D eigenvalue weighted by Gasteiger charge is -2.13. The Hall–Kier alpha value is -1.99. The van der Waals surface area contributed by atoms with Gasteiger partial charge in [-0.15, -0.1) is 0 Å². The normalized spacial score (nSPS) is 10.9. The number of carboxylic acids is 1. The summed E-state index contributed by atoms with van der Waals surface area (Å²) in [6.45, 7) is 0.220. The van der Waals surface area contributed by atoms with Gasteiger partial charge in [0.1, 0.15) is 5.82 Å². The minimum absolute atomic E-state index is 0.116. The monoisotopic (exact) mass is 296 g/mol. The van der Waals surface area contributed by atoms with Gasteiger partial charge in [-0.1, -0.05) is 11.3 Å². The van der Waals surface area contributed by atoms with E-state index in [1.807, 2.05) is 0 Å². The molecule has 0 saturated carbocycles. The third kappa shape index (κ3) is 3.52. The molecule has 0 bridgehead atoms. The number of aliphatic carboxylic acids is 1. The number of hydrogen-bond donors (Lipinski definition) is 2. The molecular weight excluding hydrogens is 283 g/mol. The molecule has 0 radical (unpaired) electrons. The molecule has 0 amide bonds. The van der Waals surface area contributed by atoms with Gasteiger partial charge >= 0.3 is 10.8 Å². The van der Waals surface area contributed by atoms with Crippen LogP contribution in [-0.2, 0) is 11.3 Å². The van der Waals surface area contributed by atoms with Crippen LogP contribution in [0, 0.1) is 5.82 Å². The fourth-order valence-corrected chi connectivity index (χ4v) is 2.79. The van der Waals surface area contributed by atoms with E-state index in [1.165, 1.54) is 12.1 Å². The molecule has 2 rings (SSSR count). The Bertz CT molecular complexity index is 663. The van der Waals surface area contributed by atoms with Crippen molar-refractivity contribution in [3.8, 4) is 11.3 Å². The molecule has 1 heterocycles. The Morgan fingerprint density at radius 2 is 2.05 bits per heavy atom. The zero-order valence-electron chi connectivity index (χ0n) is 10.7. The first-order valence-corrected chi connectivity index (χ1v) is 6.65. The van der Waals surface area contributed by atoms with Crippen LogP contribution in [0.4, 0.5) is 4.39 Å². The number of aromatic amines is 1. The molecular formula is C13H13FN2O3S. The molecule has 0 atom stereocenters. The van der Waals surface area contributed by atoms with Gasteiger partial charge in [-0.2, -0.15) is 0 Å². The van der Waals surface area contributed by atoms with E-state index < -0.39 is 5.97 Å². The van der Waals surface area contributed by atoms with Crippen molar-refractivity contribution in [3.05, 3.63) is 44.6 Å². The van der Waals surface area contributed by atoms with Crippen molar-refractivity contribution < 1.29 is 14.3 Å². The third-order valence-electron chi connectivity index (χ3n) is 2.67. The smallest absolute Gasteiger partial charge is 0.317 e. The zero-order valence-corrected chi connectivity index (χ0v) is 11.5. The number of rotatable bonds is 5. The Balaban J connectivity index is 2.28. The lowest BCUT2D eigenvalue weighted by Crippen LogP contribution is -2.24. The minimum Gasteiger partial charge on any atom is -0.480 e. The van der Waals surface area contributed by atoms with Gasteiger partial charge < -0.3 is 10.1 Å². The van der Waals surface area contributed by atoms with Crippen LogP contribution in [-0.4, -0.2) is 34.6 Å². The van der Waals surface area contributed by atoms with Crippen molar-refractivity contribution >= 4 is 17.3 Å². The quantitative estimate of drug-likeness (QED) is 0.882. The Kier molecular flexibility index (Phi) is 4.31. The highest BCUT2D eigenvalue weighted by molar-refractivity contribution is 7.09. The van der Waals surface area contributed by atoms with E-state index >= 15 is 0 Å². The van der Waals surface area contributed by atoms with Crippen LogP contribution in [0.1, 0.15) is 4.88 Å². The average Bonchev–Trinajstić information content (AvgIpc) is 2.70. The summed E-state index contributed by atoms with van der Waals surface area (Å²) in [5, 5.41) is 8.73. The highest BCUT2D eigenvalue weighted by Crippen LogP contribution is 2.24. The average molecular weight is 296 g/mol. The van der Waals surface area contributed by atoms with Crippen molar-refractivity contribution in [2.24, 2.45) is 0 Å². The summed E-state index contributed by atoms with van der Waals surface area (Å²) in [5.41, 5.74) is 1.31. The first-order valence-electron chi connectivity index (χ1n) is 5.84.